The maximum Gasteiger partial charge on any atom is 0.259 e. The Hall–Kier alpha value is -4.06. The molecule has 0 fully saturated rings. The summed E-state index contributed by atoms with van der Waals surface area (Å²) in [5.74, 6) is 0.0222. The summed E-state index contributed by atoms with van der Waals surface area (Å²) in [5, 5.41) is 2.95. The molecule has 0 radical (unpaired) electrons. The number of pyridine rings is 1. The quantitative estimate of drug-likeness (QED) is 0.467. The summed E-state index contributed by atoms with van der Waals surface area (Å²) in [4.78, 5) is 26.5. The Morgan fingerprint density at radius 2 is 1.74 bits per heavy atom. The van der Waals surface area contributed by atoms with Crippen molar-refractivity contribution >= 4 is 28.6 Å². The number of nitrogens with two attached hydrogens (primary N) is 1. The lowest BCUT2D eigenvalue weighted by Crippen LogP contribution is -2.15. The van der Waals surface area contributed by atoms with Crippen LogP contribution in [0.15, 0.2) is 66.9 Å². The fourth-order valence-electron chi connectivity index (χ4n) is 3.63. The van der Waals surface area contributed by atoms with E-state index in [2.05, 4.69) is 5.32 Å². The zero-order valence-electron chi connectivity index (χ0n) is 17.6. The molecule has 0 saturated carbocycles. The molecule has 2 aromatic heterocycles. The van der Waals surface area contributed by atoms with Crippen LogP contribution in [0.2, 0.25) is 0 Å². The lowest BCUT2D eigenvalue weighted by atomic mass is 10.1. The minimum absolute atomic E-state index is 0.148. The molecular formula is C25H23N3O3. The highest BCUT2D eigenvalue weighted by Gasteiger charge is 2.26. The third kappa shape index (κ3) is 3.64. The van der Waals surface area contributed by atoms with E-state index in [9.17, 15) is 9.59 Å². The third-order valence-corrected chi connectivity index (χ3v) is 5.32. The van der Waals surface area contributed by atoms with Gasteiger partial charge in [0.15, 0.2) is 0 Å². The molecule has 2 aromatic carbocycles. The number of nitrogens with one attached hydrogen (secondary N) is 1. The van der Waals surface area contributed by atoms with E-state index < -0.39 is 0 Å². The highest BCUT2D eigenvalue weighted by Crippen LogP contribution is 2.30. The second-order valence-electron chi connectivity index (χ2n) is 7.42. The zero-order valence-corrected chi connectivity index (χ0v) is 17.6. The minimum atomic E-state index is -0.358. The lowest BCUT2D eigenvalue weighted by molar-refractivity contribution is 0.102. The lowest BCUT2D eigenvalue weighted by Gasteiger charge is -2.09. The van der Waals surface area contributed by atoms with Gasteiger partial charge < -0.3 is 20.2 Å². The molecule has 3 N–H and O–H groups in total. The molecule has 0 aliphatic carbocycles. The number of aromatic nitrogens is 1. The van der Waals surface area contributed by atoms with Gasteiger partial charge in [0.25, 0.3) is 5.91 Å². The van der Waals surface area contributed by atoms with Gasteiger partial charge in [0.1, 0.15) is 11.4 Å². The van der Waals surface area contributed by atoms with Crippen LogP contribution in [0, 0.1) is 13.8 Å². The van der Waals surface area contributed by atoms with E-state index in [1.807, 2.05) is 38.1 Å². The van der Waals surface area contributed by atoms with E-state index in [4.69, 9.17) is 10.5 Å². The Balaban J connectivity index is 1.80. The van der Waals surface area contributed by atoms with Gasteiger partial charge in [-0.15, -0.1) is 0 Å². The highest BCUT2D eigenvalue weighted by molar-refractivity contribution is 6.20. The first-order valence-electron chi connectivity index (χ1n) is 9.86. The summed E-state index contributed by atoms with van der Waals surface area (Å²) in [6.45, 7) is 3.89. The number of hydrogen-bond donors (Lipinski definition) is 2. The van der Waals surface area contributed by atoms with Crippen molar-refractivity contribution in [2.45, 2.75) is 13.8 Å². The number of methoxy groups -OCH3 is 1. The fraction of sp³-hybridized carbons (Fsp3) is 0.120. The van der Waals surface area contributed by atoms with Crippen LogP contribution in [0.1, 0.15) is 37.5 Å². The fourth-order valence-corrected chi connectivity index (χ4v) is 3.63. The van der Waals surface area contributed by atoms with Gasteiger partial charge in [-0.25, -0.2) is 0 Å². The van der Waals surface area contributed by atoms with Crippen molar-refractivity contribution in [1.29, 1.82) is 0 Å². The molecule has 0 spiro atoms. The number of nitrogens with zero attached hydrogens (tertiary/aromatic N) is 1. The summed E-state index contributed by atoms with van der Waals surface area (Å²) >= 11 is 0. The number of anilines is 2. The molecule has 0 unspecified atom stereocenters. The smallest absolute Gasteiger partial charge is 0.259 e. The Labute approximate surface area is 180 Å². The average Bonchev–Trinajstić information content (AvgIpc) is 3.07. The summed E-state index contributed by atoms with van der Waals surface area (Å²) in [6.07, 6.45) is 1.73. The largest absolute Gasteiger partial charge is 0.497 e. The van der Waals surface area contributed by atoms with E-state index in [0.717, 1.165) is 11.1 Å². The molecule has 4 aromatic rings. The second kappa shape index (κ2) is 7.99. The number of amides is 1. The maximum atomic E-state index is 13.3. The summed E-state index contributed by atoms with van der Waals surface area (Å²) in [5.41, 5.74) is 10.8. The van der Waals surface area contributed by atoms with Gasteiger partial charge >= 0.3 is 0 Å². The van der Waals surface area contributed by atoms with Gasteiger partial charge in [-0.05, 0) is 67.4 Å². The molecule has 31 heavy (non-hydrogen) atoms. The number of carbonyl (C=O) groups excluding carboxylic acids is 2. The number of rotatable bonds is 5. The van der Waals surface area contributed by atoms with Crippen molar-refractivity contribution in [1.82, 2.24) is 4.40 Å². The Morgan fingerprint density at radius 3 is 2.45 bits per heavy atom. The molecule has 2 heterocycles. The SMILES string of the molecule is COc1ccc(C(=O)c2c(N)c(C(=O)Nc3cc(C)ccc3C)c3ccccn23)cc1. The van der Waals surface area contributed by atoms with E-state index in [-0.39, 0.29) is 28.6 Å². The molecule has 0 aliphatic rings. The number of ether oxygens (including phenoxy) is 1. The van der Waals surface area contributed by atoms with Crippen molar-refractivity contribution < 1.29 is 14.3 Å². The van der Waals surface area contributed by atoms with Crippen molar-refractivity contribution in [3.05, 3.63) is 94.8 Å². The molecule has 4 rings (SSSR count). The van der Waals surface area contributed by atoms with E-state index in [1.165, 1.54) is 0 Å². The van der Waals surface area contributed by atoms with Gasteiger partial charge in [-0.3, -0.25) is 9.59 Å². The first-order chi connectivity index (χ1) is 14.9. The van der Waals surface area contributed by atoms with Crippen LogP contribution in [-0.2, 0) is 0 Å². The van der Waals surface area contributed by atoms with Crippen molar-refractivity contribution in [3.8, 4) is 5.75 Å². The highest BCUT2D eigenvalue weighted by atomic mass is 16.5. The Morgan fingerprint density at radius 1 is 1.00 bits per heavy atom. The predicted octanol–water partition coefficient (Wildman–Crippen LogP) is 4.63. The topological polar surface area (TPSA) is 85.8 Å². The normalized spacial score (nSPS) is 10.8. The average molecular weight is 413 g/mol. The van der Waals surface area contributed by atoms with Crippen LogP contribution in [0.4, 0.5) is 11.4 Å². The summed E-state index contributed by atoms with van der Waals surface area (Å²) in [6, 6.07) is 18.0. The molecule has 0 saturated heterocycles. The van der Waals surface area contributed by atoms with Crippen molar-refractivity contribution in [2.24, 2.45) is 0 Å². The number of carbonyl (C=O) groups is 2. The van der Waals surface area contributed by atoms with Crippen molar-refractivity contribution in [2.75, 3.05) is 18.2 Å². The van der Waals surface area contributed by atoms with Crippen LogP contribution in [0.25, 0.3) is 5.52 Å². The van der Waals surface area contributed by atoms with Gasteiger partial charge in [-0.2, -0.15) is 0 Å². The molecule has 0 atom stereocenters. The number of nitrogen functional groups attached to an aromatic ring is 1. The predicted molar refractivity (Wildman–Crippen MR) is 122 cm³/mol. The van der Waals surface area contributed by atoms with Gasteiger partial charge in [0.2, 0.25) is 5.78 Å². The van der Waals surface area contributed by atoms with Crippen LogP contribution < -0.4 is 15.8 Å². The molecule has 6 nitrogen and oxygen atoms in total. The summed E-state index contributed by atoms with van der Waals surface area (Å²) < 4.78 is 6.83. The maximum absolute atomic E-state index is 13.3. The molecule has 156 valence electrons. The van der Waals surface area contributed by atoms with E-state index in [0.29, 0.717) is 22.5 Å². The third-order valence-electron chi connectivity index (χ3n) is 5.32. The first kappa shape index (κ1) is 20.2. The van der Waals surface area contributed by atoms with Gasteiger partial charge in [0.05, 0.1) is 23.9 Å². The van der Waals surface area contributed by atoms with Crippen LogP contribution in [-0.4, -0.2) is 23.2 Å². The number of fused-ring (bicyclic) bond motifs is 1. The van der Waals surface area contributed by atoms with Crippen LogP contribution >= 0.6 is 0 Å². The molecular weight excluding hydrogens is 390 g/mol. The van der Waals surface area contributed by atoms with Gasteiger partial charge in [0, 0.05) is 17.4 Å². The molecule has 0 aliphatic heterocycles. The number of ketones is 1. The van der Waals surface area contributed by atoms with Crippen LogP contribution in [0.5, 0.6) is 5.75 Å². The molecule has 0 bridgehead atoms. The minimum Gasteiger partial charge on any atom is -0.497 e. The van der Waals surface area contributed by atoms with Crippen LogP contribution in [0.3, 0.4) is 0 Å². The van der Waals surface area contributed by atoms with Gasteiger partial charge in [-0.1, -0.05) is 18.2 Å². The summed E-state index contributed by atoms with van der Waals surface area (Å²) in [7, 11) is 1.57. The number of aryl methyl sites for hydroxylation is 2. The first-order valence-corrected chi connectivity index (χ1v) is 9.86. The van der Waals surface area contributed by atoms with E-state index >= 15 is 0 Å². The van der Waals surface area contributed by atoms with E-state index in [1.54, 1.807) is 54.1 Å². The Bertz CT molecular complexity index is 1300. The molecule has 1 amide bonds. The zero-order chi connectivity index (χ0) is 22.1. The number of benzene rings is 2. The van der Waals surface area contributed by atoms with Crippen molar-refractivity contribution in [3.63, 3.8) is 0 Å². The Kier molecular flexibility index (Phi) is 5.21. The standard InChI is InChI=1S/C25H23N3O3/c1-15-7-8-16(2)19(14-15)27-25(30)21-20-6-4-5-13-28(20)23(22(21)26)24(29)17-9-11-18(31-3)12-10-17/h4-14H,26H2,1-3H3,(H,27,30). The number of hydrogen-bond acceptors (Lipinski definition) is 4. The molecule has 6 heteroatoms. The monoisotopic (exact) mass is 413 g/mol. The second-order valence-corrected chi connectivity index (χ2v) is 7.42.